The van der Waals surface area contributed by atoms with Crippen LogP contribution >= 0.6 is 23.4 Å². The lowest BCUT2D eigenvalue weighted by Gasteiger charge is -2.19. The maximum absolute atomic E-state index is 12.9. The number of carbonyl (C=O) groups excluding carboxylic acids is 2. The summed E-state index contributed by atoms with van der Waals surface area (Å²) in [5.74, 6) is 0.353. The van der Waals surface area contributed by atoms with E-state index >= 15 is 0 Å². The van der Waals surface area contributed by atoms with Crippen LogP contribution in [-0.4, -0.2) is 37.4 Å². The van der Waals surface area contributed by atoms with Crippen LogP contribution in [0.25, 0.3) is 0 Å². The van der Waals surface area contributed by atoms with Crippen LogP contribution in [0, 0.1) is 11.8 Å². The van der Waals surface area contributed by atoms with Crippen molar-refractivity contribution < 1.29 is 19.5 Å². The van der Waals surface area contributed by atoms with Crippen LogP contribution in [0.5, 0.6) is 0 Å². The highest BCUT2D eigenvalue weighted by atomic mass is 35.5. The Bertz CT molecular complexity index is 1010. The molecule has 0 fully saturated rings. The van der Waals surface area contributed by atoms with Crippen molar-refractivity contribution in [2.75, 3.05) is 5.75 Å². The molecule has 0 saturated heterocycles. The Hall–Kier alpha value is -2.32. The zero-order valence-electron chi connectivity index (χ0n) is 20.3. The van der Waals surface area contributed by atoms with Gasteiger partial charge in [0.05, 0.1) is 30.5 Å². The summed E-state index contributed by atoms with van der Waals surface area (Å²) in [5, 5.41) is 12.6. The average Bonchev–Trinajstić information content (AvgIpc) is 3.15. The van der Waals surface area contributed by atoms with E-state index in [1.54, 1.807) is 12.3 Å². The van der Waals surface area contributed by atoms with Crippen molar-refractivity contribution in [2.24, 2.45) is 11.8 Å². The van der Waals surface area contributed by atoms with Gasteiger partial charge < -0.3 is 15.0 Å². The number of aryl methyl sites for hydroxylation is 1. The molecule has 0 bridgehead atoms. The van der Waals surface area contributed by atoms with Crippen LogP contribution in [0.1, 0.15) is 74.4 Å². The second-order valence-corrected chi connectivity index (χ2v) is 10.4. The van der Waals surface area contributed by atoms with Gasteiger partial charge in [-0.3, -0.25) is 9.59 Å². The third-order valence-corrected chi connectivity index (χ3v) is 6.79. The van der Waals surface area contributed by atoms with E-state index in [-0.39, 0.29) is 22.5 Å². The number of rotatable bonds is 13. The summed E-state index contributed by atoms with van der Waals surface area (Å²) in [4.78, 5) is 40.1. The molecule has 0 spiro atoms. The fraction of sp³-hybridized carbons (Fsp3) is 0.520. The number of nitrogens with zero attached hydrogens (tertiary/aromatic N) is 2. The minimum Gasteiger partial charge on any atom is -0.478 e. The number of thioether (sulfide) groups is 1. The van der Waals surface area contributed by atoms with Crippen LogP contribution in [0.3, 0.4) is 0 Å². The quantitative estimate of drug-likeness (QED) is 0.387. The van der Waals surface area contributed by atoms with Gasteiger partial charge in [-0.25, -0.2) is 9.78 Å². The third kappa shape index (κ3) is 8.47. The average molecular weight is 508 g/mol. The van der Waals surface area contributed by atoms with Crippen molar-refractivity contribution in [3.63, 3.8) is 0 Å². The lowest BCUT2D eigenvalue weighted by atomic mass is 9.98. The monoisotopic (exact) mass is 507 g/mol. The molecule has 1 amide bonds. The van der Waals surface area contributed by atoms with Gasteiger partial charge in [0.1, 0.15) is 5.82 Å². The van der Waals surface area contributed by atoms with E-state index < -0.39 is 5.97 Å². The van der Waals surface area contributed by atoms with Crippen molar-refractivity contribution in [1.82, 2.24) is 14.9 Å². The smallest absolute Gasteiger partial charge is 0.335 e. The zero-order valence-corrected chi connectivity index (χ0v) is 21.8. The van der Waals surface area contributed by atoms with Crippen molar-refractivity contribution in [3.8, 4) is 0 Å². The number of hydrogen-bond donors (Lipinski definition) is 2. The lowest BCUT2D eigenvalue weighted by Crippen LogP contribution is -2.33. The van der Waals surface area contributed by atoms with E-state index in [0.717, 1.165) is 36.3 Å². The maximum atomic E-state index is 12.9. The molecular weight excluding hydrogens is 474 g/mol. The summed E-state index contributed by atoms with van der Waals surface area (Å²) in [7, 11) is 0. The number of imidazole rings is 1. The summed E-state index contributed by atoms with van der Waals surface area (Å²) >= 11 is 7.56. The first-order valence-electron chi connectivity index (χ1n) is 11.6. The van der Waals surface area contributed by atoms with Crippen molar-refractivity contribution >= 4 is 40.4 Å². The number of aromatic nitrogens is 2. The highest BCUT2D eigenvalue weighted by Gasteiger charge is 2.21. The molecule has 0 aliphatic carbocycles. The van der Waals surface area contributed by atoms with Crippen LogP contribution in [0.2, 0.25) is 5.02 Å². The van der Waals surface area contributed by atoms with Gasteiger partial charge in [0, 0.05) is 30.0 Å². The molecule has 9 heteroatoms. The largest absolute Gasteiger partial charge is 0.478 e. The fourth-order valence-corrected chi connectivity index (χ4v) is 4.62. The molecule has 34 heavy (non-hydrogen) atoms. The van der Waals surface area contributed by atoms with Crippen molar-refractivity contribution in [2.45, 2.75) is 66.5 Å². The Morgan fingerprint density at radius 3 is 2.59 bits per heavy atom. The molecule has 1 aromatic carbocycles. The molecule has 0 saturated carbocycles. The van der Waals surface area contributed by atoms with Gasteiger partial charge in [0.25, 0.3) is 0 Å². The summed E-state index contributed by atoms with van der Waals surface area (Å²) in [6, 6.07) is 4.71. The molecule has 186 valence electrons. The number of unbranched alkanes of at least 4 members (excludes halogenated alkanes) is 1. The number of halogens is 1. The molecule has 2 aromatic rings. The van der Waals surface area contributed by atoms with Crippen molar-refractivity contribution in [3.05, 3.63) is 52.1 Å². The summed E-state index contributed by atoms with van der Waals surface area (Å²) < 4.78 is 2.04. The summed E-state index contributed by atoms with van der Waals surface area (Å²) in [6.07, 6.45) is 5.27. The Labute approximate surface area is 210 Å². The van der Waals surface area contributed by atoms with E-state index in [2.05, 4.69) is 31.1 Å². The van der Waals surface area contributed by atoms with Crippen LogP contribution in [0.4, 0.5) is 0 Å². The Kier molecular flexibility index (Phi) is 11.1. The molecule has 1 heterocycles. The highest BCUT2D eigenvalue weighted by Crippen LogP contribution is 2.22. The number of nitrogens with one attached hydrogen (secondary N) is 1. The minimum atomic E-state index is -1.03. The van der Waals surface area contributed by atoms with Crippen LogP contribution in [0.15, 0.2) is 24.4 Å². The van der Waals surface area contributed by atoms with Gasteiger partial charge in [0.2, 0.25) is 5.91 Å². The van der Waals surface area contributed by atoms with E-state index in [0.29, 0.717) is 36.2 Å². The summed E-state index contributed by atoms with van der Waals surface area (Å²) in [6.45, 7) is 8.49. The first-order valence-corrected chi connectivity index (χ1v) is 12.9. The van der Waals surface area contributed by atoms with Crippen LogP contribution < -0.4 is 5.32 Å². The predicted octanol–water partition coefficient (Wildman–Crippen LogP) is 5.18. The van der Waals surface area contributed by atoms with Crippen molar-refractivity contribution in [1.29, 1.82) is 0 Å². The molecular formula is C25H34ClN3O4S. The molecule has 7 nitrogen and oxygen atoms in total. The van der Waals surface area contributed by atoms with Gasteiger partial charge in [-0.15, -0.1) is 0 Å². The molecule has 2 N–H and O–H groups in total. The third-order valence-electron chi connectivity index (χ3n) is 5.46. The zero-order chi connectivity index (χ0) is 25.3. The predicted molar refractivity (Wildman–Crippen MR) is 136 cm³/mol. The van der Waals surface area contributed by atoms with E-state index in [4.69, 9.17) is 11.6 Å². The molecule has 0 aliphatic heterocycles. The lowest BCUT2D eigenvalue weighted by molar-refractivity contribution is -0.125. The standard InChI is InChI=1S/C25H34ClN3O4S/c1-5-6-7-23-27-12-21(13-28-24(31)20(10-16(2)3)15-34-17(4)30)29(23)14-19-9-8-18(25(32)33)11-22(19)26/h8-9,11-12,16,20H,5-7,10,13-15H2,1-4H3,(H,28,31)(H,32,33)/t20-/m1/s1. The number of amides is 1. The number of aromatic carboxylic acids is 1. The molecule has 1 atom stereocenters. The van der Waals surface area contributed by atoms with Crippen LogP contribution in [-0.2, 0) is 29.1 Å². The van der Waals surface area contributed by atoms with E-state index in [1.807, 2.05) is 4.57 Å². The second-order valence-electron chi connectivity index (χ2n) is 8.81. The molecule has 2 rings (SSSR count). The number of carboxylic acids is 1. The van der Waals surface area contributed by atoms with Gasteiger partial charge in [0.15, 0.2) is 5.12 Å². The van der Waals surface area contributed by atoms with Gasteiger partial charge in [-0.2, -0.15) is 0 Å². The molecule has 0 aliphatic rings. The molecule has 0 radical (unpaired) electrons. The topological polar surface area (TPSA) is 101 Å². The van der Waals surface area contributed by atoms with E-state index in [9.17, 15) is 19.5 Å². The number of benzene rings is 1. The SMILES string of the molecule is CCCCc1ncc(CNC(=O)[C@@H](CSC(C)=O)CC(C)C)n1Cc1ccc(C(=O)O)cc1Cl. The van der Waals surface area contributed by atoms with Gasteiger partial charge in [-0.05, 0) is 36.5 Å². The number of carboxylic acid groups (broad SMARTS) is 1. The Balaban J connectivity index is 2.21. The Morgan fingerprint density at radius 2 is 2.00 bits per heavy atom. The Morgan fingerprint density at radius 1 is 1.26 bits per heavy atom. The highest BCUT2D eigenvalue weighted by molar-refractivity contribution is 8.13. The van der Waals surface area contributed by atoms with E-state index in [1.165, 1.54) is 30.8 Å². The minimum absolute atomic E-state index is 0.00555. The molecule has 1 aromatic heterocycles. The first kappa shape index (κ1) is 27.9. The number of carbonyl (C=O) groups is 3. The van der Waals surface area contributed by atoms with Gasteiger partial charge in [-0.1, -0.05) is 56.6 Å². The first-order chi connectivity index (χ1) is 16.1. The second kappa shape index (κ2) is 13.5. The summed E-state index contributed by atoms with van der Waals surface area (Å²) in [5.41, 5.74) is 1.77. The number of hydrogen-bond acceptors (Lipinski definition) is 5. The molecule has 0 unspecified atom stereocenters. The van der Waals surface area contributed by atoms with Gasteiger partial charge >= 0.3 is 5.97 Å². The fourth-order valence-electron chi connectivity index (χ4n) is 3.66. The normalized spacial score (nSPS) is 12.1. The maximum Gasteiger partial charge on any atom is 0.335 e.